The minimum absolute atomic E-state index is 0.0299. The molecule has 0 aromatic heterocycles. The number of likely N-dealkylation sites (N-methyl/N-ethyl adjacent to an activating group) is 1. The van der Waals surface area contributed by atoms with Gasteiger partial charge in [0.2, 0.25) is 0 Å². The highest BCUT2D eigenvalue weighted by atomic mass is 31.2. The summed E-state index contributed by atoms with van der Waals surface area (Å²) < 4.78 is 33.8. The first kappa shape index (κ1) is 50.8. The number of ether oxygens (including phenoxy) is 2. The minimum Gasteiger partial charge on any atom is -0.756 e. The van der Waals surface area contributed by atoms with Crippen molar-refractivity contribution in [3.63, 3.8) is 0 Å². The molecule has 52 heavy (non-hydrogen) atoms. The van der Waals surface area contributed by atoms with Gasteiger partial charge in [-0.25, -0.2) is 0 Å². The third kappa shape index (κ3) is 38.5. The van der Waals surface area contributed by atoms with Gasteiger partial charge in [0.1, 0.15) is 19.8 Å². The average molecular weight is 760 g/mol. The van der Waals surface area contributed by atoms with E-state index in [2.05, 4.69) is 26.0 Å². The first-order valence-corrected chi connectivity index (χ1v) is 22.9. The molecule has 0 aromatic carbocycles. The van der Waals surface area contributed by atoms with Crippen LogP contribution in [0.1, 0.15) is 194 Å². The number of esters is 2. The maximum Gasteiger partial charge on any atom is 0.306 e. The van der Waals surface area contributed by atoms with Crippen LogP contribution >= 0.6 is 7.82 Å². The van der Waals surface area contributed by atoms with Crippen molar-refractivity contribution >= 4 is 19.8 Å². The van der Waals surface area contributed by atoms with Crippen molar-refractivity contribution in [2.45, 2.75) is 200 Å². The van der Waals surface area contributed by atoms with Crippen LogP contribution in [-0.2, 0) is 32.7 Å². The number of hydrogen-bond acceptors (Lipinski definition) is 8. The molecule has 0 N–H and O–H groups in total. The standard InChI is InChI=1S/C42H82NO8P/c1-6-8-10-12-14-16-18-20-21-23-25-27-29-31-33-35-42(45)51-40(39-50-52(46,47)49-37-36-43(3,4)5)38-48-41(44)34-32-30-28-26-24-22-19-17-15-13-11-9-7-2/h22,24,40H,6-21,23,25-39H2,1-5H3/b24-22+/t40-/m1/s1. The maximum atomic E-state index is 12.6. The Bertz CT molecular complexity index is 907. The van der Waals surface area contributed by atoms with Crippen LogP contribution in [0.25, 0.3) is 0 Å². The molecule has 0 aliphatic heterocycles. The molecule has 2 atom stereocenters. The summed E-state index contributed by atoms with van der Waals surface area (Å²) in [5.74, 6) is -0.845. The second-order valence-corrected chi connectivity index (χ2v) is 17.1. The van der Waals surface area contributed by atoms with Crippen molar-refractivity contribution in [1.29, 1.82) is 0 Å². The first-order valence-electron chi connectivity index (χ1n) is 21.4. The molecule has 308 valence electrons. The lowest BCUT2D eigenvalue weighted by Gasteiger charge is -2.28. The zero-order chi connectivity index (χ0) is 38.6. The lowest BCUT2D eigenvalue weighted by molar-refractivity contribution is -0.870. The number of hydrogen-bond donors (Lipinski definition) is 0. The second-order valence-electron chi connectivity index (χ2n) is 15.7. The summed E-state index contributed by atoms with van der Waals surface area (Å²) in [5, 5.41) is 0. The SMILES string of the molecule is CCCCCCCC/C=C/CCCCCC(=O)OC[C@H](COP(=O)([O-])OCC[N+](C)(C)C)OC(=O)CCCCCCCCCCCCCCCCC. The zero-order valence-corrected chi connectivity index (χ0v) is 35.4. The van der Waals surface area contributed by atoms with Gasteiger partial charge >= 0.3 is 11.9 Å². The Kier molecular flexibility index (Phi) is 34.6. The molecule has 0 fully saturated rings. The number of allylic oxidation sites excluding steroid dienone is 2. The van der Waals surface area contributed by atoms with Gasteiger partial charge < -0.3 is 27.9 Å². The molecule has 1 unspecified atom stereocenters. The molecule has 9 nitrogen and oxygen atoms in total. The lowest BCUT2D eigenvalue weighted by atomic mass is 10.0. The van der Waals surface area contributed by atoms with Gasteiger partial charge in [-0.3, -0.25) is 14.2 Å². The predicted octanol–water partition coefficient (Wildman–Crippen LogP) is 11.2. The monoisotopic (exact) mass is 760 g/mol. The molecule has 10 heteroatoms. The number of carbonyl (C=O) groups is 2. The smallest absolute Gasteiger partial charge is 0.306 e. The maximum absolute atomic E-state index is 12.6. The molecule has 0 rings (SSSR count). The topological polar surface area (TPSA) is 111 Å². The fourth-order valence-corrected chi connectivity index (χ4v) is 6.61. The number of phosphoric ester groups is 1. The van der Waals surface area contributed by atoms with Crippen LogP contribution < -0.4 is 4.89 Å². The van der Waals surface area contributed by atoms with E-state index in [1.165, 1.54) is 116 Å². The van der Waals surface area contributed by atoms with Crippen LogP contribution in [0.4, 0.5) is 0 Å². The van der Waals surface area contributed by atoms with Gasteiger partial charge in [-0.2, -0.15) is 0 Å². The highest BCUT2D eigenvalue weighted by Gasteiger charge is 2.21. The average Bonchev–Trinajstić information content (AvgIpc) is 3.09. The number of quaternary nitrogens is 1. The molecule has 0 saturated carbocycles. The van der Waals surface area contributed by atoms with Crippen LogP contribution in [0.3, 0.4) is 0 Å². The summed E-state index contributed by atoms with van der Waals surface area (Å²) in [5.41, 5.74) is 0. The summed E-state index contributed by atoms with van der Waals surface area (Å²) in [6.07, 6.45) is 35.2. The van der Waals surface area contributed by atoms with Crippen LogP contribution in [0.15, 0.2) is 12.2 Å². The van der Waals surface area contributed by atoms with E-state index in [1.807, 2.05) is 21.1 Å². The third-order valence-corrected chi connectivity index (χ3v) is 10.2. The molecule has 0 heterocycles. The van der Waals surface area contributed by atoms with Crippen LogP contribution in [0, 0.1) is 0 Å². The van der Waals surface area contributed by atoms with Crippen LogP contribution in [-0.4, -0.2) is 70.0 Å². The van der Waals surface area contributed by atoms with E-state index < -0.39 is 32.5 Å². The van der Waals surface area contributed by atoms with E-state index in [0.717, 1.165) is 38.5 Å². The van der Waals surface area contributed by atoms with Gasteiger partial charge in [-0.15, -0.1) is 0 Å². The van der Waals surface area contributed by atoms with E-state index in [9.17, 15) is 19.0 Å². The summed E-state index contributed by atoms with van der Waals surface area (Å²) >= 11 is 0. The molecule has 0 aromatic rings. The Labute approximate surface area is 320 Å². The fourth-order valence-electron chi connectivity index (χ4n) is 5.88. The van der Waals surface area contributed by atoms with Crippen LogP contribution in [0.2, 0.25) is 0 Å². The molecular formula is C42H82NO8P. The Balaban J connectivity index is 4.37. The third-order valence-electron chi connectivity index (χ3n) is 9.29. The molecule has 0 saturated heterocycles. The molecule has 0 amide bonds. The van der Waals surface area contributed by atoms with E-state index >= 15 is 0 Å². The van der Waals surface area contributed by atoms with E-state index in [-0.39, 0.29) is 26.1 Å². The van der Waals surface area contributed by atoms with Crippen molar-refractivity contribution in [3.05, 3.63) is 12.2 Å². The van der Waals surface area contributed by atoms with E-state index in [4.69, 9.17) is 18.5 Å². The molecule has 0 radical (unpaired) electrons. The zero-order valence-electron chi connectivity index (χ0n) is 34.5. The molecule has 0 bridgehead atoms. The Hall–Kier alpha value is -1.25. The van der Waals surface area contributed by atoms with Crippen molar-refractivity contribution < 1.29 is 42.1 Å². The summed E-state index contributed by atoms with van der Waals surface area (Å²) in [7, 11) is 1.17. The normalized spacial score (nSPS) is 13.7. The number of carbonyl (C=O) groups excluding carboxylic acids is 2. The van der Waals surface area contributed by atoms with Crippen LogP contribution in [0.5, 0.6) is 0 Å². The summed E-state index contributed by atoms with van der Waals surface area (Å²) in [4.78, 5) is 37.4. The fraction of sp³-hybridized carbons (Fsp3) is 0.905. The van der Waals surface area contributed by atoms with Gasteiger partial charge in [0.05, 0.1) is 27.7 Å². The quantitative estimate of drug-likeness (QED) is 0.0200. The van der Waals surface area contributed by atoms with Gasteiger partial charge in [-0.1, -0.05) is 154 Å². The van der Waals surface area contributed by atoms with Gasteiger partial charge in [0, 0.05) is 12.8 Å². The number of unbranched alkanes of at least 4 members (excludes halogenated alkanes) is 23. The number of rotatable bonds is 39. The molecular weight excluding hydrogens is 677 g/mol. The van der Waals surface area contributed by atoms with Gasteiger partial charge in [-0.05, 0) is 38.5 Å². The van der Waals surface area contributed by atoms with Crippen molar-refractivity contribution in [1.82, 2.24) is 0 Å². The number of nitrogens with zero attached hydrogens (tertiary/aromatic N) is 1. The van der Waals surface area contributed by atoms with Crippen molar-refractivity contribution in [2.24, 2.45) is 0 Å². The van der Waals surface area contributed by atoms with E-state index in [1.54, 1.807) is 0 Å². The summed E-state index contributed by atoms with van der Waals surface area (Å²) in [6.45, 7) is 4.21. The predicted molar refractivity (Wildman–Crippen MR) is 213 cm³/mol. The molecule has 0 aliphatic carbocycles. The first-order chi connectivity index (χ1) is 25.0. The minimum atomic E-state index is -4.62. The Morgan fingerprint density at radius 1 is 0.577 bits per heavy atom. The Morgan fingerprint density at radius 2 is 0.981 bits per heavy atom. The highest BCUT2D eigenvalue weighted by Crippen LogP contribution is 2.38. The second kappa shape index (κ2) is 35.5. The van der Waals surface area contributed by atoms with Crippen molar-refractivity contribution in [2.75, 3.05) is 47.5 Å². The number of phosphoric acid groups is 1. The molecule has 0 spiro atoms. The molecule has 0 aliphatic rings. The van der Waals surface area contributed by atoms with Gasteiger partial charge in [0.15, 0.2) is 6.10 Å². The largest absolute Gasteiger partial charge is 0.756 e. The van der Waals surface area contributed by atoms with Gasteiger partial charge in [0.25, 0.3) is 7.82 Å². The highest BCUT2D eigenvalue weighted by molar-refractivity contribution is 7.45. The van der Waals surface area contributed by atoms with E-state index in [0.29, 0.717) is 23.9 Å². The summed E-state index contributed by atoms with van der Waals surface area (Å²) in [6, 6.07) is 0. The Morgan fingerprint density at radius 3 is 1.44 bits per heavy atom. The van der Waals surface area contributed by atoms with Crippen molar-refractivity contribution in [3.8, 4) is 0 Å². The lowest BCUT2D eigenvalue weighted by Crippen LogP contribution is -2.37.